The fourth-order valence-corrected chi connectivity index (χ4v) is 3.11. The van der Waals surface area contributed by atoms with Crippen LogP contribution in [0.1, 0.15) is 44.3 Å². The van der Waals surface area contributed by atoms with Gasteiger partial charge in [0.05, 0.1) is 5.69 Å². The quantitative estimate of drug-likeness (QED) is 0.865. The lowest BCUT2D eigenvalue weighted by Gasteiger charge is -2.18. The summed E-state index contributed by atoms with van der Waals surface area (Å²) in [7, 11) is 5.92. The first-order chi connectivity index (χ1) is 10.1. The van der Waals surface area contributed by atoms with Gasteiger partial charge in [-0.3, -0.25) is 9.36 Å². The average molecular weight is 282 g/mol. The van der Waals surface area contributed by atoms with Crippen molar-refractivity contribution in [2.45, 2.75) is 45.6 Å². The number of hydrogen-bond donors (Lipinski definition) is 1. The van der Waals surface area contributed by atoms with Crippen LogP contribution >= 0.6 is 0 Å². The highest BCUT2D eigenvalue weighted by atomic mass is 16.1. The van der Waals surface area contributed by atoms with E-state index in [0.717, 1.165) is 43.3 Å². The predicted octanol–water partition coefficient (Wildman–Crippen LogP) is 1.44. The molecule has 5 nitrogen and oxygen atoms in total. The van der Waals surface area contributed by atoms with E-state index in [2.05, 4.69) is 15.3 Å². The van der Waals surface area contributed by atoms with Crippen molar-refractivity contribution in [2.75, 3.05) is 11.9 Å². The highest BCUT2D eigenvalue weighted by molar-refractivity contribution is 6.32. The maximum Gasteiger partial charge on any atom is 0.245 e. The number of nitrogens with one attached hydrogen (secondary N) is 1. The van der Waals surface area contributed by atoms with Gasteiger partial charge in [-0.25, -0.2) is 4.98 Å². The van der Waals surface area contributed by atoms with Gasteiger partial charge < -0.3 is 5.32 Å². The summed E-state index contributed by atoms with van der Waals surface area (Å²) >= 11 is 0. The molecule has 0 aromatic carbocycles. The zero-order chi connectivity index (χ0) is 15.0. The Hall–Kier alpha value is -1.85. The molecule has 0 amide bonds. The standard InChI is InChI=1S/C15H19BN4O/c1-3-17-15-18-9(2)11-8-12(16)14(21)20(13(11)19-15)10-6-4-5-7-10/h8,10H,3-7H2,1-2H3,(H,17,18,19). The Kier molecular flexibility index (Phi) is 3.70. The predicted molar refractivity (Wildman–Crippen MR) is 85.6 cm³/mol. The number of aryl methyl sites for hydroxylation is 1. The van der Waals surface area contributed by atoms with Gasteiger partial charge in [-0.15, -0.1) is 0 Å². The van der Waals surface area contributed by atoms with Crippen LogP contribution in [0.4, 0.5) is 5.95 Å². The van der Waals surface area contributed by atoms with E-state index in [1.54, 1.807) is 10.6 Å². The summed E-state index contributed by atoms with van der Waals surface area (Å²) in [6, 6.07) is 1.90. The Labute approximate surface area is 125 Å². The van der Waals surface area contributed by atoms with E-state index < -0.39 is 0 Å². The molecule has 1 aliphatic carbocycles. The number of aromatic nitrogens is 3. The minimum absolute atomic E-state index is 0.130. The van der Waals surface area contributed by atoms with Crippen molar-refractivity contribution in [1.82, 2.24) is 14.5 Å². The molecular formula is C15H19BN4O. The van der Waals surface area contributed by atoms with E-state index in [1.807, 2.05) is 13.8 Å². The molecule has 6 heteroatoms. The molecule has 2 aromatic rings. The highest BCUT2D eigenvalue weighted by Crippen LogP contribution is 2.30. The molecule has 0 bridgehead atoms. The van der Waals surface area contributed by atoms with Gasteiger partial charge in [0.25, 0.3) is 0 Å². The van der Waals surface area contributed by atoms with Gasteiger partial charge in [-0.05, 0) is 32.2 Å². The molecule has 1 saturated carbocycles. The van der Waals surface area contributed by atoms with Crippen molar-refractivity contribution >= 4 is 30.3 Å². The van der Waals surface area contributed by atoms with Gasteiger partial charge >= 0.3 is 0 Å². The van der Waals surface area contributed by atoms with Gasteiger partial charge in [-0.2, -0.15) is 4.98 Å². The van der Waals surface area contributed by atoms with Crippen molar-refractivity contribution in [1.29, 1.82) is 0 Å². The molecule has 0 atom stereocenters. The molecule has 21 heavy (non-hydrogen) atoms. The van der Waals surface area contributed by atoms with Crippen LogP contribution in [-0.4, -0.2) is 28.9 Å². The second kappa shape index (κ2) is 5.50. The van der Waals surface area contributed by atoms with Crippen molar-refractivity contribution in [3.05, 3.63) is 22.1 Å². The minimum atomic E-state index is -0.130. The van der Waals surface area contributed by atoms with Crippen molar-refractivity contribution < 1.29 is 0 Å². The van der Waals surface area contributed by atoms with Crippen LogP contribution < -0.4 is 16.3 Å². The summed E-state index contributed by atoms with van der Waals surface area (Å²) in [6.07, 6.45) is 4.32. The molecule has 0 saturated heterocycles. The third kappa shape index (κ3) is 2.43. The number of hydrogen-bond acceptors (Lipinski definition) is 4. The Morgan fingerprint density at radius 3 is 2.76 bits per heavy atom. The van der Waals surface area contributed by atoms with E-state index in [0.29, 0.717) is 11.6 Å². The fourth-order valence-electron chi connectivity index (χ4n) is 3.11. The maximum atomic E-state index is 12.5. The Bertz CT molecular complexity index is 735. The van der Waals surface area contributed by atoms with Gasteiger partial charge in [0.15, 0.2) is 0 Å². The third-order valence-corrected chi connectivity index (χ3v) is 4.13. The minimum Gasteiger partial charge on any atom is -0.354 e. The molecule has 2 radical (unpaired) electrons. The molecule has 1 N–H and O–H groups in total. The lowest BCUT2D eigenvalue weighted by molar-refractivity contribution is 0.517. The SMILES string of the molecule is [B]c1cc2c(C)nc(NCC)nc2n(C2CCCC2)c1=O. The van der Waals surface area contributed by atoms with Crippen LogP contribution in [0.15, 0.2) is 10.9 Å². The number of fused-ring (bicyclic) bond motifs is 1. The summed E-state index contributed by atoms with van der Waals surface area (Å²) in [4.78, 5) is 21.5. The third-order valence-electron chi connectivity index (χ3n) is 4.13. The number of pyridine rings is 1. The zero-order valence-electron chi connectivity index (χ0n) is 12.5. The molecule has 0 unspecified atom stereocenters. The lowest BCUT2D eigenvalue weighted by atomic mass is 9.96. The summed E-state index contributed by atoms with van der Waals surface area (Å²) < 4.78 is 1.78. The summed E-state index contributed by atoms with van der Waals surface area (Å²) in [5.74, 6) is 0.568. The van der Waals surface area contributed by atoms with Crippen LogP contribution in [0.3, 0.4) is 0 Å². The van der Waals surface area contributed by atoms with Crippen LogP contribution in [0, 0.1) is 6.92 Å². The van der Waals surface area contributed by atoms with Crippen molar-refractivity contribution in [3.8, 4) is 0 Å². The van der Waals surface area contributed by atoms with Gasteiger partial charge in [0.2, 0.25) is 11.5 Å². The zero-order valence-corrected chi connectivity index (χ0v) is 12.5. The normalized spacial score (nSPS) is 15.7. The monoisotopic (exact) mass is 282 g/mol. The van der Waals surface area contributed by atoms with E-state index in [1.165, 1.54) is 0 Å². The van der Waals surface area contributed by atoms with Gasteiger partial charge in [0.1, 0.15) is 13.5 Å². The summed E-state index contributed by atoms with van der Waals surface area (Å²) in [5.41, 5.74) is 1.69. The molecule has 2 heterocycles. The molecule has 0 aliphatic heterocycles. The van der Waals surface area contributed by atoms with Crippen LogP contribution in [0.2, 0.25) is 0 Å². The Morgan fingerprint density at radius 2 is 2.10 bits per heavy atom. The Morgan fingerprint density at radius 1 is 1.38 bits per heavy atom. The second-order valence-corrected chi connectivity index (χ2v) is 5.61. The molecule has 108 valence electrons. The van der Waals surface area contributed by atoms with E-state index in [9.17, 15) is 4.79 Å². The maximum absolute atomic E-state index is 12.5. The highest BCUT2D eigenvalue weighted by Gasteiger charge is 2.22. The van der Waals surface area contributed by atoms with E-state index in [4.69, 9.17) is 7.85 Å². The molecule has 1 aliphatic rings. The summed E-state index contributed by atoms with van der Waals surface area (Å²) in [6.45, 7) is 4.66. The molecule has 1 fully saturated rings. The van der Waals surface area contributed by atoms with Crippen molar-refractivity contribution in [3.63, 3.8) is 0 Å². The smallest absolute Gasteiger partial charge is 0.245 e. The Balaban J connectivity index is 2.31. The van der Waals surface area contributed by atoms with E-state index in [-0.39, 0.29) is 17.1 Å². The fraction of sp³-hybridized carbons (Fsp3) is 0.533. The number of anilines is 1. The van der Waals surface area contributed by atoms with Gasteiger partial charge in [-0.1, -0.05) is 18.9 Å². The van der Waals surface area contributed by atoms with Crippen LogP contribution in [0.25, 0.3) is 11.0 Å². The summed E-state index contributed by atoms with van der Waals surface area (Å²) in [5, 5.41) is 3.99. The first kappa shape index (κ1) is 14.1. The number of rotatable bonds is 3. The van der Waals surface area contributed by atoms with E-state index >= 15 is 0 Å². The largest absolute Gasteiger partial charge is 0.354 e. The molecular weight excluding hydrogens is 263 g/mol. The molecule has 3 rings (SSSR count). The topological polar surface area (TPSA) is 59.8 Å². The molecule has 2 aromatic heterocycles. The number of nitrogens with zero attached hydrogens (tertiary/aromatic N) is 3. The van der Waals surface area contributed by atoms with Gasteiger partial charge in [0, 0.05) is 18.0 Å². The second-order valence-electron chi connectivity index (χ2n) is 5.61. The van der Waals surface area contributed by atoms with Crippen LogP contribution in [-0.2, 0) is 0 Å². The molecule has 0 spiro atoms. The lowest BCUT2D eigenvalue weighted by Crippen LogP contribution is -2.36. The van der Waals surface area contributed by atoms with Crippen molar-refractivity contribution in [2.24, 2.45) is 0 Å². The first-order valence-electron chi connectivity index (χ1n) is 7.55. The van der Waals surface area contributed by atoms with Crippen LogP contribution in [0.5, 0.6) is 0 Å². The first-order valence-corrected chi connectivity index (χ1v) is 7.55. The average Bonchev–Trinajstić information content (AvgIpc) is 2.95.